The van der Waals surface area contributed by atoms with Crippen LogP contribution in [0.3, 0.4) is 0 Å². The second-order valence-electron chi connectivity index (χ2n) is 7.63. The molecule has 27 heavy (non-hydrogen) atoms. The molecule has 3 aromatic rings. The zero-order valence-electron chi connectivity index (χ0n) is 15.5. The standard InChI is InChI=1S/C19H24N6OS/c1-11-7-13(9-15(20)8-11)16-10-21-18(27-16)19(2,26)14-5-3-12(4-6-14)17-22-24-25-23-17/h7-10,12,14,26H,3-6,20H2,1-2H3,(H,22,23,24,25). The summed E-state index contributed by atoms with van der Waals surface area (Å²) < 4.78 is 0. The Morgan fingerprint density at radius 1 is 1.22 bits per heavy atom. The van der Waals surface area contributed by atoms with Crippen LogP contribution in [0.2, 0.25) is 0 Å². The highest BCUT2D eigenvalue weighted by Gasteiger charge is 2.39. The quantitative estimate of drug-likeness (QED) is 0.594. The van der Waals surface area contributed by atoms with E-state index in [9.17, 15) is 5.11 Å². The van der Waals surface area contributed by atoms with Gasteiger partial charge in [-0.1, -0.05) is 11.3 Å². The highest BCUT2D eigenvalue weighted by Crippen LogP contribution is 2.45. The summed E-state index contributed by atoms with van der Waals surface area (Å²) in [6, 6.07) is 6.00. The minimum Gasteiger partial charge on any atom is -0.399 e. The number of nitrogen functional groups attached to an aromatic ring is 1. The Kier molecular flexibility index (Phi) is 4.69. The summed E-state index contributed by atoms with van der Waals surface area (Å²) in [5.41, 5.74) is 7.94. The number of aromatic amines is 1. The molecule has 1 fully saturated rings. The van der Waals surface area contributed by atoms with E-state index in [-0.39, 0.29) is 5.92 Å². The largest absolute Gasteiger partial charge is 0.399 e. The highest BCUT2D eigenvalue weighted by atomic mass is 32.1. The Morgan fingerprint density at radius 3 is 2.67 bits per heavy atom. The van der Waals surface area contributed by atoms with Crippen molar-refractivity contribution in [1.29, 1.82) is 0 Å². The van der Waals surface area contributed by atoms with E-state index < -0.39 is 5.60 Å². The molecule has 142 valence electrons. The first-order valence-electron chi connectivity index (χ1n) is 9.23. The first-order chi connectivity index (χ1) is 12.9. The van der Waals surface area contributed by atoms with E-state index in [0.717, 1.165) is 58.2 Å². The minimum absolute atomic E-state index is 0.169. The SMILES string of the molecule is Cc1cc(N)cc(-c2cnc(C(C)(O)C3CCC(c4nn[nH]n4)CC3)s2)c1. The normalized spacial score (nSPS) is 22.5. The molecule has 1 aliphatic carbocycles. The van der Waals surface area contributed by atoms with Gasteiger partial charge in [0.1, 0.15) is 10.6 Å². The molecule has 2 heterocycles. The lowest BCUT2D eigenvalue weighted by atomic mass is 9.74. The number of thiazole rings is 1. The molecule has 8 heteroatoms. The zero-order chi connectivity index (χ0) is 19.0. The van der Waals surface area contributed by atoms with Gasteiger partial charge in [-0.3, -0.25) is 0 Å². The topological polar surface area (TPSA) is 114 Å². The van der Waals surface area contributed by atoms with Crippen LogP contribution in [0.15, 0.2) is 24.4 Å². The van der Waals surface area contributed by atoms with E-state index in [1.165, 1.54) is 0 Å². The molecule has 0 amide bonds. The van der Waals surface area contributed by atoms with Crippen molar-refractivity contribution >= 4 is 17.0 Å². The Labute approximate surface area is 162 Å². The monoisotopic (exact) mass is 384 g/mol. The fraction of sp³-hybridized carbons (Fsp3) is 0.474. The molecule has 0 aliphatic heterocycles. The minimum atomic E-state index is -0.944. The number of anilines is 1. The van der Waals surface area contributed by atoms with Gasteiger partial charge in [-0.05, 0) is 68.7 Å². The predicted molar refractivity (Wildman–Crippen MR) is 105 cm³/mol. The zero-order valence-corrected chi connectivity index (χ0v) is 16.3. The molecule has 0 saturated heterocycles. The maximum absolute atomic E-state index is 11.3. The van der Waals surface area contributed by atoms with Crippen LogP contribution in [-0.2, 0) is 5.60 Å². The number of nitrogens with zero attached hydrogens (tertiary/aromatic N) is 4. The molecule has 0 bridgehead atoms. The van der Waals surface area contributed by atoms with Crippen molar-refractivity contribution in [3.05, 3.63) is 40.8 Å². The van der Waals surface area contributed by atoms with Crippen LogP contribution in [0.5, 0.6) is 0 Å². The van der Waals surface area contributed by atoms with E-state index in [4.69, 9.17) is 5.73 Å². The lowest BCUT2D eigenvalue weighted by molar-refractivity contribution is -0.0240. The summed E-state index contributed by atoms with van der Waals surface area (Å²) in [5.74, 6) is 1.27. The van der Waals surface area contributed by atoms with Crippen molar-refractivity contribution in [2.45, 2.75) is 51.0 Å². The third kappa shape index (κ3) is 3.59. The fourth-order valence-electron chi connectivity index (χ4n) is 4.03. The van der Waals surface area contributed by atoms with Crippen LogP contribution in [0.4, 0.5) is 5.69 Å². The average Bonchev–Trinajstić information content (AvgIpc) is 3.33. The fourth-order valence-corrected chi connectivity index (χ4v) is 5.06. The molecule has 1 unspecified atom stereocenters. The maximum atomic E-state index is 11.3. The first-order valence-corrected chi connectivity index (χ1v) is 10.0. The van der Waals surface area contributed by atoms with Gasteiger partial charge < -0.3 is 10.8 Å². The van der Waals surface area contributed by atoms with Gasteiger partial charge in [0.2, 0.25) is 0 Å². The predicted octanol–water partition coefficient (Wildman–Crippen LogP) is 3.40. The number of benzene rings is 1. The summed E-state index contributed by atoms with van der Waals surface area (Å²) in [5, 5.41) is 26.4. The van der Waals surface area contributed by atoms with Crippen LogP contribution < -0.4 is 5.73 Å². The van der Waals surface area contributed by atoms with Crippen molar-refractivity contribution in [3.63, 3.8) is 0 Å². The molecule has 7 nitrogen and oxygen atoms in total. The second kappa shape index (κ2) is 7.01. The second-order valence-corrected chi connectivity index (χ2v) is 8.66. The number of tetrazole rings is 1. The van der Waals surface area contributed by atoms with Crippen LogP contribution in [0, 0.1) is 12.8 Å². The molecule has 1 atom stereocenters. The lowest BCUT2D eigenvalue weighted by Gasteiger charge is -2.36. The molecule has 0 spiro atoms. The van der Waals surface area contributed by atoms with E-state index in [2.05, 4.69) is 31.7 Å². The van der Waals surface area contributed by atoms with Gasteiger partial charge in [-0.15, -0.1) is 21.5 Å². The summed E-state index contributed by atoms with van der Waals surface area (Å²) >= 11 is 1.55. The number of nitrogens with one attached hydrogen (secondary N) is 1. The van der Waals surface area contributed by atoms with Gasteiger partial charge in [-0.2, -0.15) is 5.21 Å². The smallest absolute Gasteiger partial charge is 0.177 e. The van der Waals surface area contributed by atoms with E-state index >= 15 is 0 Å². The maximum Gasteiger partial charge on any atom is 0.177 e. The molecule has 2 aromatic heterocycles. The molecular weight excluding hydrogens is 360 g/mol. The summed E-state index contributed by atoms with van der Waals surface area (Å²) in [7, 11) is 0. The van der Waals surface area contributed by atoms with Crippen LogP contribution in [0.1, 0.15) is 54.9 Å². The van der Waals surface area contributed by atoms with Gasteiger partial charge in [-0.25, -0.2) is 4.98 Å². The average molecular weight is 385 g/mol. The number of aliphatic hydroxyl groups is 1. The Bertz CT molecular complexity index is 892. The van der Waals surface area contributed by atoms with Crippen molar-refractivity contribution in [2.24, 2.45) is 5.92 Å². The molecule has 1 saturated carbocycles. The number of rotatable bonds is 4. The highest BCUT2D eigenvalue weighted by molar-refractivity contribution is 7.15. The van der Waals surface area contributed by atoms with Gasteiger partial charge in [0.05, 0.1) is 4.88 Å². The number of aromatic nitrogens is 5. The third-order valence-electron chi connectivity index (χ3n) is 5.57. The number of hydrogen-bond acceptors (Lipinski definition) is 7. The molecular formula is C19H24N6OS. The van der Waals surface area contributed by atoms with Crippen molar-refractivity contribution in [1.82, 2.24) is 25.6 Å². The molecule has 1 aromatic carbocycles. The van der Waals surface area contributed by atoms with Crippen LogP contribution in [0.25, 0.3) is 10.4 Å². The number of nitrogens with two attached hydrogens (primary N) is 1. The number of aryl methyl sites for hydroxylation is 1. The molecule has 4 N–H and O–H groups in total. The van der Waals surface area contributed by atoms with Crippen molar-refractivity contribution in [3.8, 4) is 10.4 Å². The first kappa shape index (κ1) is 18.1. The van der Waals surface area contributed by atoms with E-state index in [1.54, 1.807) is 11.3 Å². The van der Waals surface area contributed by atoms with E-state index in [0.29, 0.717) is 5.92 Å². The number of H-pyrrole nitrogens is 1. The van der Waals surface area contributed by atoms with Crippen molar-refractivity contribution in [2.75, 3.05) is 5.73 Å². The number of hydrogen-bond donors (Lipinski definition) is 3. The molecule has 0 radical (unpaired) electrons. The van der Waals surface area contributed by atoms with Gasteiger partial charge in [0, 0.05) is 17.8 Å². The van der Waals surface area contributed by atoms with Gasteiger partial charge >= 0.3 is 0 Å². The van der Waals surface area contributed by atoms with Crippen LogP contribution >= 0.6 is 11.3 Å². The Balaban J connectivity index is 1.50. The molecule has 1 aliphatic rings. The summed E-state index contributed by atoms with van der Waals surface area (Å²) in [6.45, 7) is 3.92. The van der Waals surface area contributed by atoms with Gasteiger partial charge in [0.25, 0.3) is 0 Å². The summed E-state index contributed by atoms with van der Waals surface area (Å²) in [6.07, 6.45) is 5.57. The lowest BCUT2D eigenvalue weighted by Crippen LogP contribution is -2.34. The van der Waals surface area contributed by atoms with Crippen molar-refractivity contribution < 1.29 is 5.11 Å². The Morgan fingerprint density at radius 2 is 2.00 bits per heavy atom. The van der Waals surface area contributed by atoms with Crippen LogP contribution in [-0.4, -0.2) is 30.7 Å². The summed E-state index contributed by atoms with van der Waals surface area (Å²) in [4.78, 5) is 5.58. The Hall–Kier alpha value is -2.32. The third-order valence-corrected chi connectivity index (χ3v) is 6.84. The molecule has 4 rings (SSSR count). The van der Waals surface area contributed by atoms with Gasteiger partial charge in [0.15, 0.2) is 5.82 Å². The van der Waals surface area contributed by atoms with E-state index in [1.807, 2.05) is 32.2 Å².